The van der Waals surface area contributed by atoms with Crippen molar-refractivity contribution in [3.05, 3.63) is 64.3 Å². The van der Waals surface area contributed by atoms with E-state index in [1.807, 2.05) is 10.7 Å². The molecule has 1 N–H and O–H groups in total. The van der Waals surface area contributed by atoms with Crippen molar-refractivity contribution in [3.63, 3.8) is 0 Å². The number of nitrogens with one attached hydrogen (secondary N) is 1. The first-order valence-electron chi connectivity index (χ1n) is 10.7. The first-order chi connectivity index (χ1) is 15.4. The van der Waals surface area contributed by atoms with Crippen LogP contribution in [-0.4, -0.2) is 60.7 Å². The van der Waals surface area contributed by atoms with Crippen molar-refractivity contribution in [1.29, 1.82) is 0 Å². The minimum absolute atomic E-state index is 0.257. The van der Waals surface area contributed by atoms with Gasteiger partial charge in [0.25, 0.3) is 0 Å². The van der Waals surface area contributed by atoms with Gasteiger partial charge >= 0.3 is 0 Å². The smallest absolute Gasteiger partial charge is 0.174 e. The van der Waals surface area contributed by atoms with Crippen molar-refractivity contribution in [2.75, 3.05) is 31.5 Å². The van der Waals surface area contributed by atoms with Gasteiger partial charge in [-0.15, -0.1) is 0 Å². The van der Waals surface area contributed by atoms with Gasteiger partial charge < -0.3 is 10.2 Å². The fourth-order valence-electron chi connectivity index (χ4n) is 3.78. The van der Waals surface area contributed by atoms with E-state index in [1.165, 1.54) is 11.6 Å². The second kappa shape index (κ2) is 9.97. The lowest BCUT2D eigenvalue weighted by atomic mass is 10.2. The van der Waals surface area contributed by atoms with Crippen LogP contribution in [0.25, 0.3) is 0 Å². The van der Waals surface area contributed by atoms with Crippen molar-refractivity contribution in [3.8, 4) is 0 Å². The van der Waals surface area contributed by atoms with Crippen molar-refractivity contribution < 1.29 is 4.39 Å². The normalized spacial score (nSPS) is 14.7. The SMILES string of the molecule is CCn1cc(CN2CCN(C(=S)Nc3ccn(Cc4c(F)cccc4Cl)n3)CC2)c(C)n1. The minimum Gasteiger partial charge on any atom is -0.346 e. The van der Waals surface area contributed by atoms with E-state index in [0.29, 0.717) is 21.5 Å². The predicted octanol–water partition coefficient (Wildman–Crippen LogP) is 3.76. The molecule has 0 unspecified atom stereocenters. The van der Waals surface area contributed by atoms with E-state index in [1.54, 1.807) is 23.0 Å². The predicted molar refractivity (Wildman–Crippen MR) is 128 cm³/mol. The number of aryl methyl sites for hydroxylation is 2. The third-order valence-electron chi connectivity index (χ3n) is 5.68. The molecule has 2 aromatic heterocycles. The lowest BCUT2D eigenvalue weighted by Crippen LogP contribution is -2.49. The Morgan fingerprint density at radius 2 is 1.91 bits per heavy atom. The number of piperazine rings is 1. The van der Waals surface area contributed by atoms with Gasteiger partial charge in [0.15, 0.2) is 10.9 Å². The summed E-state index contributed by atoms with van der Waals surface area (Å²) in [7, 11) is 0. The van der Waals surface area contributed by atoms with Crippen LogP contribution in [0.15, 0.2) is 36.7 Å². The molecule has 1 saturated heterocycles. The van der Waals surface area contributed by atoms with E-state index in [9.17, 15) is 4.39 Å². The lowest BCUT2D eigenvalue weighted by Gasteiger charge is -2.35. The molecule has 0 saturated carbocycles. The van der Waals surface area contributed by atoms with Gasteiger partial charge in [0, 0.05) is 73.9 Å². The van der Waals surface area contributed by atoms with Gasteiger partial charge in [-0.3, -0.25) is 14.3 Å². The van der Waals surface area contributed by atoms with Gasteiger partial charge in [-0.25, -0.2) is 4.39 Å². The zero-order chi connectivity index (χ0) is 22.7. The van der Waals surface area contributed by atoms with Crippen LogP contribution in [0, 0.1) is 12.7 Å². The maximum Gasteiger partial charge on any atom is 0.174 e. The van der Waals surface area contributed by atoms with E-state index in [4.69, 9.17) is 23.8 Å². The molecule has 7 nitrogen and oxygen atoms in total. The van der Waals surface area contributed by atoms with Crippen LogP contribution < -0.4 is 5.32 Å². The summed E-state index contributed by atoms with van der Waals surface area (Å²) in [6, 6.07) is 6.49. The van der Waals surface area contributed by atoms with Crippen molar-refractivity contribution in [1.82, 2.24) is 29.4 Å². The summed E-state index contributed by atoms with van der Waals surface area (Å²) in [5.41, 5.74) is 2.79. The molecule has 4 rings (SSSR count). The van der Waals surface area contributed by atoms with Crippen LogP contribution in [-0.2, 0) is 19.6 Å². The Hall–Kier alpha value is -2.49. The molecule has 0 aliphatic carbocycles. The molecule has 1 aliphatic rings. The Morgan fingerprint density at radius 3 is 2.59 bits per heavy atom. The van der Waals surface area contributed by atoms with Crippen LogP contribution in [0.5, 0.6) is 0 Å². The van der Waals surface area contributed by atoms with Gasteiger partial charge in [0.05, 0.1) is 12.2 Å². The molecular weight excluding hydrogens is 449 g/mol. The first kappa shape index (κ1) is 22.7. The molecule has 3 heterocycles. The zero-order valence-electron chi connectivity index (χ0n) is 18.3. The summed E-state index contributed by atoms with van der Waals surface area (Å²) in [6.45, 7) is 9.76. The summed E-state index contributed by atoms with van der Waals surface area (Å²) < 4.78 is 17.7. The summed E-state index contributed by atoms with van der Waals surface area (Å²) in [6.07, 6.45) is 3.92. The molecule has 32 heavy (non-hydrogen) atoms. The van der Waals surface area contributed by atoms with E-state index >= 15 is 0 Å². The van der Waals surface area contributed by atoms with Crippen LogP contribution in [0.3, 0.4) is 0 Å². The minimum atomic E-state index is -0.340. The van der Waals surface area contributed by atoms with E-state index in [0.717, 1.165) is 45.0 Å². The quantitative estimate of drug-likeness (QED) is 0.548. The second-order valence-corrected chi connectivity index (χ2v) is 8.68. The van der Waals surface area contributed by atoms with E-state index in [-0.39, 0.29) is 12.4 Å². The van der Waals surface area contributed by atoms with Crippen molar-refractivity contribution >= 4 is 34.7 Å². The lowest BCUT2D eigenvalue weighted by molar-refractivity contribution is 0.176. The van der Waals surface area contributed by atoms with Crippen LogP contribution in [0.2, 0.25) is 5.02 Å². The molecule has 0 atom stereocenters. The van der Waals surface area contributed by atoms with Crippen LogP contribution >= 0.6 is 23.8 Å². The molecule has 0 bridgehead atoms. The number of rotatable bonds is 6. The number of thiocarbonyl (C=S) groups is 1. The molecule has 0 radical (unpaired) electrons. The molecular formula is C22H27ClFN7S. The van der Waals surface area contributed by atoms with Crippen LogP contribution in [0.4, 0.5) is 10.2 Å². The molecule has 0 spiro atoms. The van der Waals surface area contributed by atoms with Gasteiger partial charge in [-0.05, 0) is 38.2 Å². The molecule has 1 aromatic carbocycles. The summed E-state index contributed by atoms with van der Waals surface area (Å²) in [5.74, 6) is 0.292. The fraction of sp³-hybridized carbons (Fsp3) is 0.409. The molecule has 0 amide bonds. The number of halogens is 2. The fourth-order valence-corrected chi connectivity index (χ4v) is 4.29. The highest BCUT2D eigenvalue weighted by molar-refractivity contribution is 7.80. The number of hydrogen-bond acceptors (Lipinski definition) is 4. The monoisotopic (exact) mass is 475 g/mol. The Kier molecular flexibility index (Phi) is 7.07. The third kappa shape index (κ3) is 5.28. The molecule has 10 heteroatoms. The zero-order valence-corrected chi connectivity index (χ0v) is 19.8. The number of benzene rings is 1. The maximum atomic E-state index is 14.0. The van der Waals surface area contributed by atoms with Gasteiger partial charge in [0.1, 0.15) is 5.82 Å². The number of nitrogens with zero attached hydrogens (tertiary/aromatic N) is 6. The van der Waals surface area contributed by atoms with Crippen molar-refractivity contribution in [2.24, 2.45) is 0 Å². The average Bonchev–Trinajstić information content (AvgIpc) is 3.37. The largest absolute Gasteiger partial charge is 0.346 e. The summed E-state index contributed by atoms with van der Waals surface area (Å²) >= 11 is 11.7. The number of hydrogen-bond donors (Lipinski definition) is 1. The molecule has 1 aliphatic heterocycles. The molecule has 1 fully saturated rings. The average molecular weight is 476 g/mol. The number of aromatic nitrogens is 4. The molecule has 3 aromatic rings. The maximum absolute atomic E-state index is 14.0. The van der Waals surface area contributed by atoms with E-state index < -0.39 is 0 Å². The topological polar surface area (TPSA) is 54.1 Å². The Labute approximate surface area is 197 Å². The van der Waals surface area contributed by atoms with Gasteiger partial charge in [0.2, 0.25) is 0 Å². The van der Waals surface area contributed by atoms with Gasteiger partial charge in [-0.2, -0.15) is 10.2 Å². The third-order valence-corrected chi connectivity index (χ3v) is 6.40. The molecule has 170 valence electrons. The Morgan fingerprint density at radius 1 is 1.12 bits per heavy atom. The summed E-state index contributed by atoms with van der Waals surface area (Å²) in [4.78, 5) is 4.58. The Balaban J connectivity index is 1.28. The summed E-state index contributed by atoms with van der Waals surface area (Å²) in [5, 5.41) is 13.2. The highest BCUT2D eigenvalue weighted by Gasteiger charge is 2.20. The van der Waals surface area contributed by atoms with E-state index in [2.05, 4.69) is 45.4 Å². The van der Waals surface area contributed by atoms with Gasteiger partial charge in [-0.1, -0.05) is 17.7 Å². The highest BCUT2D eigenvalue weighted by atomic mass is 35.5. The highest BCUT2D eigenvalue weighted by Crippen LogP contribution is 2.20. The standard InChI is InChI=1S/C22H27ClFN7S/c1-3-30-14-17(16(2)26-30)13-28-9-11-29(12-10-28)22(32)25-21-7-8-31(27-21)15-18-19(23)5-4-6-20(18)24/h4-8,14H,3,9-13,15H2,1-2H3,(H,25,27,32). The number of anilines is 1. The van der Waals surface area contributed by atoms with Crippen molar-refractivity contribution in [2.45, 2.75) is 33.5 Å². The van der Waals surface area contributed by atoms with Crippen LogP contribution in [0.1, 0.15) is 23.7 Å². The first-order valence-corrected chi connectivity index (χ1v) is 11.5. The second-order valence-electron chi connectivity index (χ2n) is 7.89. The Bertz CT molecular complexity index is 1070.